The molecule has 1 amide bonds. The van der Waals surface area contributed by atoms with Crippen molar-refractivity contribution in [2.75, 3.05) is 13.1 Å². The number of carbonyl (C=O) groups excluding carboxylic acids is 1. The Morgan fingerprint density at radius 1 is 1.21 bits per heavy atom. The van der Waals surface area contributed by atoms with Gasteiger partial charge in [-0.15, -0.1) is 0 Å². The summed E-state index contributed by atoms with van der Waals surface area (Å²) in [6.07, 6.45) is 6.53. The second kappa shape index (κ2) is 8.78. The quantitative estimate of drug-likeness (QED) is 0.640. The first kappa shape index (κ1) is 19.6. The molecule has 0 radical (unpaired) electrons. The van der Waals surface area contributed by atoms with Gasteiger partial charge in [0.25, 0.3) is 0 Å². The summed E-state index contributed by atoms with van der Waals surface area (Å²) in [4.78, 5) is 29.7. The zero-order chi connectivity index (χ0) is 20.2. The number of hydrogen-bond acceptors (Lipinski definition) is 5. The van der Waals surface area contributed by atoms with Crippen LogP contribution in [0, 0.1) is 5.92 Å². The number of carbonyl (C=O) groups is 2. The molecule has 2 aliphatic carbocycles. The Labute approximate surface area is 170 Å². The number of carboxylic acids is 1. The average Bonchev–Trinajstić information content (AvgIpc) is 3.36. The van der Waals surface area contributed by atoms with Crippen molar-refractivity contribution < 1.29 is 19.1 Å². The predicted molar refractivity (Wildman–Crippen MR) is 107 cm³/mol. The van der Waals surface area contributed by atoms with Gasteiger partial charge >= 0.3 is 5.97 Å². The van der Waals surface area contributed by atoms with Crippen LogP contribution in [0.4, 0.5) is 0 Å². The van der Waals surface area contributed by atoms with E-state index >= 15 is 0 Å². The van der Waals surface area contributed by atoms with E-state index in [0.29, 0.717) is 30.4 Å². The van der Waals surface area contributed by atoms with Crippen molar-refractivity contribution in [2.24, 2.45) is 5.92 Å². The van der Waals surface area contributed by atoms with Crippen LogP contribution in [0.2, 0.25) is 0 Å². The van der Waals surface area contributed by atoms with Crippen LogP contribution in [-0.4, -0.2) is 52.0 Å². The van der Waals surface area contributed by atoms with Gasteiger partial charge in [0.2, 0.25) is 5.91 Å². The second-order valence-corrected chi connectivity index (χ2v) is 8.14. The van der Waals surface area contributed by atoms with E-state index in [4.69, 9.17) is 9.52 Å². The summed E-state index contributed by atoms with van der Waals surface area (Å²) >= 11 is 0. The monoisotopic (exact) mass is 397 g/mol. The molecule has 1 aromatic carbocycles. The largest absolute Gasteiger partial charge is 0.480 e. The molecule has 2 N–H and O–H groups in total. The molecule has 7 nitrogen and oxygen atoms in total. The maximum atomic E-state index is 12.3. The van der Waals surface area contributed by atoms with Gasteiger partial charge in [-0.3, -0.25) is 14.5 Å². The van der Waals surface area contributed by atoms with Crippen LogP contribution in [-0.2, 0) is 16.0 Å². The number of oxazole rings is 1. The molecule has 0 spiro atoms. The Morgan fingerprint density at radius 2 is 1.97 bits per heavy atom. The normalized spacial score (nSPS) is 21.0. The van der Waals surface area contributed by atoms with Crippen LogP contribution in [0.25, 0.3) is 11.3 Å². The van der Waals surface area contributed by atoms with E-state index in [0.717, 1.165) is 24.9 Å². The van der Waals surface area contributed by atoms with Gasteiger partial charge in [-0.1, -0.05) is 30.3 Å². The predicted octanol–water partition coefficient (Wildman–Crippen LogP) is 2.72. The van der Waals surface area contributed by atoms with Gasteiger partial charge in [0.05, 0.1) is 12.7 Å². The van der Waals surface area contributed by atoms with Gasteiger partial charge in [0.15, 0.2) is 11.7 Å². The molecule has 4 rings (SSSR count). The van der Waals surface area contributed by atoms with E-state index in [9.17, 15) is 9.59 Å². The summed E-state index contributed by atoms with van der Waals surface area (Å²) in [6.45, 7) is 0.960. The molecule has 2 aromatic rings. The maximum absolute atomic E-state index is 12.3. The Morgan fingerprint density at radius 3 is 2.66 bits per heavy atom. The third-order valence-corrected chi connectivity index (χ3v) is 5.70. The number of aliphatic carboxylic acids is 1. The van der Waals surface area contributed by atoms with Crippen molar-refractivity contribution in [1.29, 1.82) is 0 Å². The zero-order valence-electron chi connectivity index (χ0n) is 16.4. The highest BCUT2D eigenvalue weighted by molar-refractivity contribution is 5.76. The Balaban J connectivity index is 1.19. The number of hydrogen-bond donors (Lipinski definition) is 2. The zero-order valence-corrected chi connectivity index (χ0v) is 16.4. The molecule has 2 saturated carbocycles. The molecule has 0 aliphatic heterocycles. The molecule has 0 saturated heterocycles. The molecule has 154 valence electrons. The lowest BCUT2D eigenvalue weighted by atomic mass is 9.85. The lowest BCUT2D eigenvalue weighted by Crippen LogP contribution is -2.55. The number of nitrogens with zero attached hydrogens (tertiary/aromatic N) is 2. The number of rotatable bonds is 10. The molecule has 0 unspecified atom stereocenters. The van der Waals surface area contributed by atoms with Crippen molar-refractivity contribution in [3.8, 4) is 11.3 Å². The number of carboxylic acid groups (broad SMARTS) is 1. The van der Waals surface area contributed by atoms with Crippen LogP contribution in [0.3, 0.4) is 0 Å². The number of aromatic nitrogens is 1. The first-order valence-corrected chi connectivity index (χ1v) is 10.3. The highest BCUT2D eigenvalue weighted by Crippen LogP contribution is 2.33. The molecule has 1 aromatic heterocycles. The van der Waals surface area contributed by atoms with Crippen LogP contribution in [0.15, 0.2) is 40.9 Å². The molecule has 0 atom stereocenters. The maximum Gasteiger partial charge on any atom is 0.317 e. The minimum atomic E-state index is -0.779. The third-order valence-electron chi connectivity index (χ3n) is 5.70. The van der Waals surface area contributed by atoms with Crippen molar-refractivity contribution >= 4 is 11.9 Å². The summed E-state index contributed by atoms with van der Waals surface area (Å²) in [5.41, 5.74) is 0.966. The van der Waals surface area contributed by atoms with Crippen LogP contribution >= 0.6 is 0 Å². The number of benzene rings is 1. The van der Waals surface area contributed by atoms with Crippen LogP contribution < -0.4 is 5.32 Å². The molecule has 2 fully saturated rings. The molecule has 2 aliphatic rings. The van der Waals surface area contributed by atoms with Crippen LogP contribution in [0.1, 0.15) is 38.0 Å². The molecule has 0 bridgehead atoms. The number of aryl methyl sites for hydroxylation is 1. The third kappa shape index (κ3) is 5.44. The molecule has 29 heavy (non-hydrogen) atoms. The summed E-state index contributed by atoms with van der Waals surface area (Å²) < 4.78 is 5.74. The van der Waals surface area contributed by atoms with E-state index in [1.807, 2.05) is 30.3 Å². The van der Waals surface area contributed by atoms with Gasteiger partial charge < -0.3 is 14.8 Å². The van der Waals surface area contributed by atoms with E-state index in [1.165, 1.54) is 12.8 Å². The summed E-state index contributed by atoms with van der Waals surface area (Å²) in [5, 5.41) is 12.2. The average molecular weight is 397 g/mol. The fourth-order valence-electron chi connectivity index (χ4n) is 3.83. The Hall–Kier alpha value is -2.67. The first-order chi connectivity index (χ1) is 14.1. The van der Waals surface area contributed by atoms with Crippen molar-refractivity contribution in [2.45, 2.75) is 50.6 Å². The molecule has 1 heterocycles. The lowest BCUT2D eigenvalue weighted by Gasteiger charge is -2.42. The standard InChI is InChI=1S/C22H27N3O4/c26-20(8-9-21-23-12-19(29-21)16-4-2-1-3-5-16)24-17-10-18(11-17)25(14-22(27)28)13-15-6-7-15/h1-5,12,15,17-18H,6-11,13-14H2,(H,24,26)(H,27,28). The fourth-order valence-corrected chi connectivity index (χ4v) is 3.83. The van der Waals surface area contributed by atoms with E-state index < -0.39 is 5.97 Å². The molecular weight excluding hydrogens is 370 g/mol. The highest BCUT2D eigenvalue weighted by Gasteiger charge is 2.37. The Bertz CT molecular complexity index is 841. The summed E-state index contributed by atoms with van der Waals surface area (Å²) in [7, 11) is 0. The van der Waals surface area contributed by atoms with E-state index in [2.05, 4.69) is 15.2 Å². The Kier molecular flexibility index (Phi) is 5.94. The summed E-state index contributed by atoms with van der Waals surface area (Å²) in [5.74, 6) is 1.13. The minimum Gasteiger partial charge on any atom is -0.480 e. The van der Waals surface area contributed by atoms with Gasteiger partial charge in [-0.05, 0) is 31.6 Å². The molecular formula is C22H27N3O4. The topological polar surface area (TPSA) is 95.7 Å². The van der Waals surface area contributed by atoms with Gasteiger partial charge in [-0.2, -0.15) is 0 Å². The van der Waals surface area contributed by atoms with Gasteiger partial charge in [-0.25, -0.2) is 4.98 Å². The van der Waals surface area contributed by atoms with Crippen molar-refractivity contribution in [3.63, 3.8) is 0 Å². The summed E-state index contributed by atoms with van der Waals surface area (Å²) in [6, 6.07) is 10.1. The molecule has 7 heteroatoms. The smallest absolute Gasteiger partial charge is 0.317 e. The number of amides is 1. The van der Waals surface area contributed by atoms with Crippen LogP contribution in [0.5, 0.6) is 0 Å². The number of nitrogens with one attached hydrogen (secondary N) is 1. The minimum absolute atomic E-state index is 0.0140. The van der Waals surface area contributed by atoms with Gasteiger partial charge in [0, 0.05) is 37.0 Å². The highest BCUT2D eigenvalue weighted by atomic mass is 16.4. The fraction of sp³-hybridized carbons (Fsp3) is 0.500. The van der Waals surface area contributed by atoms with E-state index in [-0.39, 0.29) is 24.5 Å². The van der Waals surface area contributed by atoms with Crippen molar-refractivity contribution in [3.05, 3.63) is 42.4 Å². The van der Waals surface area contributed by atoms with Gasteiger partial charge in [0.1, 0.15) is 0 Å². The van der Waals surface area contributed by atoms with Crippen molar-refractivity contribution in [1.82, 2.24) is 15.2 Å². The SMILES string of the molecule is O=C(O)CN(CC1CC1)C1CC(NC(=O)CCc2ncc(-c3ccccc3)o2)C1. The van der Waals surface area contributed by atoms with E-state index in [1.54, 1.807) is 6.20 Å². The lowest BCUT2D eigenvalue weighted by molar-refractivity contribution is -0.140. The second-order valence-electron chi connectivity index (χ2n) is 8.14. The first-order valence-electron chi connectivity index (χ1n) is 10.3.